The molecule has 9 heteroatoms. The van der Waals surface area contributed by atoms with Crippen molar-refractivity contribution in [2.45, 2.75) is 23.6 Å². The quantitative estimate of drug-likeness (QED) is 0.909. The number of aromatic nitrogens is 2. The molecule has 1 aromatic heterocycles. The number of aryl methyl sites for hydroxylation is 1. The highest BCUT2D eigenvalue weighted by atomic mass is 32.2. The molecule has 1 aromatic carbocycles. The maximum Gasteiger partial charge on any atom is 0.260 e. The average Bonchev–Trinajstić information content (AvgIpc) is 3.08. The van der Waals surface area contributed by atoms with Crippen LogP contribution in [0.2, 0.25) is 0 Å². The summed E-state index contributed by atoms with van der Waals surface area (Å²) in [4.78, 5) is 0. The molecule has 0 spiro atoms. The van der Waals surface area contributed by atoms with Gasteiger partial charge in [-0.3, -0.25) is 4.68 Å². The van der Waals surface area contributed by atoms with E-state index in [2.05, 4.69) is 5.10 Å². The fourth-order valence-corrected chi connectivity index (χ4v) is 4.57. The lowest BCUT2D eigenvalue weighted by Crippen LogP contribution is -2.33. The molecular formula is C14H15F2N3O3S. The van der Waals surface area contributed by atoms with Gasteiger partial charge >= 0.3 is 0 Å². The van der Waals surface area contributed by atoms with E-state index in [4.69, 9.17) is 0 Å². The third-order valence-corrected chi connectivity index (χ3v) is 5.86. The van der Waals surface area contributed by atoms with Gasteiger partial charge in [-0.15, -0.1) is 0 Å². The number of benzene rings is 1. The van der Waals surface area contributed by atoms with E-state index in [0.717, 1.165) is 16.4 Å². The third kappa shape index (κ3) is 2.75. The van der Waals surface area contributed by atoms with E-state index in [1.807, 2.05) is 0 Å². The molecule has 2 heterocycles. The lowest BCUT2D eigenvalue weighted by molar-refractivity contribution is 0.188. The molecule has 0 bridgehead atoms. The zero-order valence-corrected chi connectivity index (χ0v) is 13.0. The molecule has 1 saturated heterocycles. The second-order valence-corrected chi connectivity index (χ2v) is 7.28. The minimum Gasteiger partial charge on any atom is -0.392 e. The highest BCUT2D eigenvalue weighted by Crippen LogP contribution is 2.37. The Morgan fingerprint density at radius 2 is 2.00 bits per heavy atom. The van der Waals surface area contributed by atoms with Crippen molar-refractivity contribution >= 4 is 10.0 Å². The number of halogens is 2. The number of hydrogen-bond donors (Lipinski definition) is 1. The van der Waals surface area contributed by atoms with Crippen LogP contribution in [0.15, 0.2) is 35.5 Å². The standard InChI is InChI=1S/C14H15F2N3O3S/c1-18-14(4-5-17-18)23(21,22)19-8-10(20)7-13(19)9-2-3-11(15)12(16)6-9/h2-6,10,13,20H,7-8H2,1H3/t10-,13+/m0/s1. The molecule has 6 nitrogen and oxygen atoms in total. The van der Waals surface area contributed by atoms with Crippen LogP contribution in [-0.2, 0) is 17.1 Å². The second-order valence-electron chi connectivity index (χ2n) is 5.45. The first-order valence-corrected chi connectivity index (χ1v) is 8.37. The molecule has 0 unspecified atom stereocenters. The third-order valence-electron chi connectivity index (χ3n) is 3.91. The van der Waals surface area contributed by atoms with Gasteiger partial charge in [-0.25, -0.2) is 17.2 Å². The van der Waals surface area contributed by atoms with E-state index in [1.54, 1.807) is 0 Å². The Morgan fingerprint density at radius 1 is 1.26 bits per heavy atom. The van der Waals surface area contributed by atoms with Crippen LogP contribution in [-0.4, -0.2) is 40.3 Å². The first kappa shape index (κ1) is 16.0. The highest BCUT2D eigenvalue weighted by molar-refractivity contribution is 7.89. The Kier molecular flexibility index (Phi) is 3.95. The van der Waals surface area contributed by atoms with Crippen molar-refractivity contribution in [1.82, 2.24) is 14.1 Å². The van der Waals surface area contributed by atoms with E-state index < -0.39 is 33.8 Å². The predicted molar refractivity (Wildman–Crippen MR) is 76.8 cm³/mol. The van der Waals surface area contributed by atoms with Crippen LogP contribution in [0, 0.1) is 11.6 Å². The molecule has 2 atom stereocenters. The van der Waals surface area contributed by atoms with E-state index in [1.165, 1.54) is 30.1 Å². The number of hydrogen-bond acceptors (Lipinski definition) is 4. The summed E-state index contributed by atoms with van der Waals surface area (Å²) < 4.78 is 54.4. The van der Waals surface area contributed by atoms with Crippen molar-refractivity contribution in [3.8, 4) is 0 Å². The molecule has 1 aliphatic heterocycles. The van der Waals surface area contributed by atoms with Crippen molar-refractivity contribution in [3.05, 3.63) is 47.7 Å². The topological polar surface area (TPSA) is 75.4 Å². The summed E-state index contributed by atoms with van der Waals surface area (Å²) in [6.07, 6.45) is 0.588. The second kappa shape index (κ2) is 5.66. The van der Waals surface area contributed by atoms with Gasteiger partial charge in [0.25, 0.3) is 10.0 Å². The van der Waals surface area contributed by atoms with Crippen molar-refractivity contribution in [1.29, 1.82) is 0 Å². The Bertz CT molecular complexity index is 838. The maximum atomic E-state index is 13.5. The minimum atomic E-state index is -3.92. The summed E-state index contributed by atoms with van der Waals surface area (Å²) in [6.45, 7) is -0.114. The first-order valence-electron chi connectivity index (χ1n) is 6.93. The lowest BCUT2D eigenvalue weighted by Gasteiger charge is -2.24. The van der Waals surface area contributed by atoms with E-state index in [0.29, 0.717) is 5.56 Å². The molecule has 124 valence electrons. The van der Waals surface area contributed by atoms with Gasteiger partial charge in [-0.05, 0) is 30.2 Å². The van der Waals surface area contributed by atoms with Crippen molar-refractivity contribution in [3.63, 3.8) is 0 Å². The van der Waals surface area contributed by atoms with Crippen LogP contribution in [0.1, 0.15) is 18.0 Å². The fraction of sp³-hybridized carbons (Fsp3) is 0.357. The molecule has 3 rings (SSSR count). The number of aliphatic hydroxyl groups is 1. The van der Waals surface area contributed by atoms with E-state index in [9.17, 15) is 22.3 Å². The monoisotopic (exact) mass is 343 g/mol. The summed E-state index contributed by atoms with van der Waals surface area (Å²) in [5.41, 5.74) is 0.297. The molecule has 0 aliphatic carbocycles. The Hall–Kier alpha value is -1.84. The Balaban J connectivity index is 2.03. The summed E-state index contributed by atoms with van der Waals surface area (Å²) in [7, 11) is -2.43. The minimum absolute atomic E-state index is 0.0285. The van der Waals surface area contributed by atoms with Crippen LogP contribution in [0.5, 0.6) is 0 Å². The van der Waals surface area contributed by atoms with Gasteiger partial charge in [0, 0.05) is 13.6 Å². The molecule has 0 amide bonds. The zero-order valence-electron chi connectivity index (χ0n) is 12.2. The Morgan fingerprint density at radius 3 is 2.61 bits per heavy atom. The van der Waals surface area contributed by atoms with Gasteiger partial charge in [-0.2, -0.15) is 9.40 Å². The molecule has 1 N–H and O–H groups in total. The molecule has 0 saturated carbocycles. The summed E-state index contributed by atoms with van der Waals surface area (Å²) in [5, 5.41) is 13.7. The van der Waals surface area contributed by atoms with E-state index in [-0.39, 0.29) is 18.0 Å². The van der Waals surface area contributed by atoms with Gasteiger partial charge < -0.3 is 5.11 Å². The van der Waals surface area contributed by atoms with Gasteiger partial charge in [0.1, 0.15) is 0 Å². The number of aliphatic hydroxyl groups excluding tert-OH is 1. The smallest absolute Gasteiger partial charge is 0.260 e. The van der Waals surface area contributed by atoms with Crippen LogP contribution in [0.25, 0.3) is 0 Å². The number of β-amino-alcohol motifs (C(OH)–C–C–N with tert-alkyl or cyclic N) is 1. The Labute approximate surface area is 132 Å². The van der Waals surface area contributed by atoms with Crippen molar-refractivity contribution in [2.75, 3.05) is 6.54 Å². The molecule has 2 aromatic rings. The van der Waals surface area contributed by atoms with Crippen LogP contribution in [0.4, 0.5) is 8.78 Å². The first-order chi connectivity index (χ1) is 10.8. The highest BCUT2D eigenvalue weighted by Gasteiger charge is 2.41. The zero-order chi connectivity index (χ0) is 16.8. The number of sulfonamides is 1. The molecule has 23 heavy (non-hydrogen) atoms. The molecule has 1 aliphatic rings. The van der Waals surface area contributed by atoms with E-state index >= 15 is 0 Å². The maximum absolute atomic E-state index is 13.5. The van der Waals surface area contributed by atoms with Gasteiger partial charge in [0.15, 0.2) is 16.7 Å². The summed E-state index contributed by atoms with van der Waals surface area (Å²) in [5.74, 6) is -2.06. The predicted octanol–water partition coefficient (Wildman–Crippen LogP) is 1.19. The number of rotatable bonds is 3. The van der Waals surface area contributed by atoms with Gasteiger partial charge in [0.05, 0.1) is 18.3 Å². The average molecular weight is 343 g/mol. The largest absolute Gasteiger partial charge is 0.392 e. The molecule has 1 fully saturated rings. The lowest BCUT2D eigenvalue weighted by atomic mass is 10.0. The summed E-state index contributed by atoms with van der Waals surface area (Å²) >= 11 is 0. The molecule has 0 radical (unpaired) electrons. The molecular weight excluding hydrogens is 328 g/mol. The fourth-order valence-electron chi connectivity index (χ4n) is 2.81. The van der Waals surface area contributed by atoms with Crippen molar-refractivity contribution < 1.29 is 22.3 Å². The van der Waals surface area contributed by atoms with Gasteiger partial charge in [-0.1, -0.05) is 6.07 Å². The normalized spacial score (nSPS) is 22.6. The number of nitrogens with zero attached hydrogens (tertiary/aromatic N) is 3. The van der Waals surface area contributed by atoms with Crippen LogP contribution in [0.3, 0.4) is 0 Å². The van der Waals surface area contributed by atoms with Crippen LogP contribution < -0.4 is 0 Å². The van der Waals surface area contributed by atoms with Crippen molar-refractivity contribution in [2.24, 2.45) is 7.05 Å². The summed E-state index contributed by atoms with van der Waals surface area (Å²) in [6, 6.07) is 3.82. The van der Waals surface area contributed by atoms with Crippen LogP contribution >= 0.6 is 0 Å². The van der Waals surface area contributed by atoms with Gasteiger partial charge in [0.2, 0.25) is 0 Å². The SMILES string of the molecule is Cn1nccc1S(=O)(=O)N1C[C@@H](O)C[C@@H]1c1ccc(F)c(F)c1.